The van der Waals surface area contributed by atoms with Crippen molar-refractivity contribution in [3.63, 3.8) is 0 Å². The summed E-state index contributed by atoms with van der Waals surface area (Å²) >= 11 is 0. The highest BCUT2D eigenvalue weighted by Crippen LogP contribution is 1.97. The molecular formula is C10H10N2O2. The van der Waals surface area contributed by atoms with E-state index in [9.17, 15) is 4.79 Å². The first-order valence-electron chi connectivity index (χ1n) is 4.07. The quantitative estimate of drug-likeness (QED) is 0.649. The predicted molar refractivity (Wildman–Crippen MR) is 51.9 cm³/mol. The van der Waals surface area contributed by atoms with Crippen LogP contribution < -0.4 is 5.32 Å². The number of amides is 1. The first-order valence-corrected chi connectivity index (χ1v) is 4.07. The van der Waals surface area contributed by atoms with E-state index in [-0.39, 0.29) is 6.54 Å². The van der Waals surface area contributed by atoms with Gasteiger partial charge in [-0.15, -0.1) is 0 Å². The van der Waals surface area contributed by atoms with Gasteiger partial charge in [0, 0.05) is 6.20 Å². The van der Waals surface area contributed by atoms with Crippen LogP contribution in [0, 0.1) is 18.8 Å². The van der Waals surface area contributed by atoms with Crippen LogP contribution in [0.1, 0.15) is 11.3 Å². The van der Waals surface area contributed by atoms with Crippen molar-refractivity contribution in [2.24, 2.45) is 0 Å². The normalized spacial score (nSPS) is 8.64. The lowest BCUT2D eigenvalue weighted by atomic mass is 10.2. The molecule has 0 fully saturated rings. The van der Waals surface area contributed by atoms with Crippen molar-refractivity contribution in [1.29, 1.82) is 0 Å². The Morgan fingerprint density at radius 2 is 2.50 bits per heavy atom. The van der Waals surface area contributed by atoms with Gasteiger partial charge in [-0.25, -0.2) is 9.78 Å². The van der Waals surface area contributed by atoms with Crippen LogP contribution in [0.15, 0.2) is 18.3 Å². The van der Waals surface area contributed by atoms with Crippen LogP contribution in [0.4, 0.5) is 4.79 Å². The molecule has 0 radical (unpaired) electrons. The SMILES string of the molecule is Cc1ccnc(C#CCNC(=O)O)c1. The van der Waals surface area contributed by atoms with Crippen LogP contribution in [0.5, 0.6) is 0 Å². The van der Waals surface area contributed by atoms with Gasteiger partial charge in [-0.05, 0) is 30.5 Å². The smallest absolute Gasteiger partial charge is 0.405 e. The fraction of sp³-hybridized carbons (Fsp3) is 0.200. The number of aryl methyl sites for hydroxylation is 1. The van der Waals surface area contributed by atoms with E-state index in [1.165, 1.54) is 0 Å². The molecule has 1 heterocycles. The molecule has 1 amide bonds. The molecular weight excluding hydrogens is 180 g/mol. The average molecular weight is 190 g/mol. The van der Waals surface area contributed by atoms with Crippen molar-refractivity contribution >= 4 is 6.09 Å². The standard InChI is InChI=1S/C10H10N2O2/c1-8-4-6-11-9(7-8)3-2-5-12-10(13)14/h4,6-7,12H,5H2,1H3,(H,13,14). The van der Waals surface area contributed by atoms with E-state index in [0.29, 0.717) is 5.69 Å². The molecule has 4 nitrogen and oxygen atoms in total. The van der Waals surface area contributed by atoms with E-state index in [4.69, 9.17) is 5.11 Å². The number of nitrogens with zero attached hydrogens (tertiary/aromatic N) is 1. The van der Waals surface area contributed by atoms with Gasteiger partial charge in [0.15, 0.2) is 0 Å². The minimum atomic E-state index is -1.07. The highest BCUT2D eigenvalue weighted by molar-refractivity contribution is 5.64. The third-order valence-electron chi connectivity index (χ3n) is 1.46. The zero-order valence-electron chi connectivity index (χ0n) is 7.74. The second kappa shape index (κ2) is 4.87. The molecule has 0 unspecified atom stereocenters. The summed E-state index contributed by atoms with van der Waals surface area (Å²) in [5.74, 6) is 5.41. The molecule has 2 N–H and O–H groups in total. The lowest BCUT2D eigenvalue weighted by Crippen LogP contribution is -2.20. The molecule has 72 valence electrons. The Kier molecular flexibility index (Phi) is 3.50. The van der Waals surface area contributed by atoms with E-state index >= 15 is 0 Å². The highest BCUT2D eigenvalue weighted by Gasteiger charge is 1.89. The predicted octanol–water partition coefficient (Wildman–Crippen LogP) is 1.01. The molecule has 0 spiro atoms. The number of hydrogen-bond acceptors (Lipinski definition) is 2. The Morgan fingerprint density at radius 1 is 1.71 bits per heavy atom. The number of aromatic nitrogens is 1. The van der Waals surface area contributed by atoms with Crippen molar-refractivity contribution in [2.75, 3.05) is 6.54 Å². The topological polar surface area (TPSA) is 62.2 Å². The van der Waals surface area contributed by atoms with Gasteiger partial charge < -0.3 is 10.4 Å². The summed E-state index contributed by atoms with van der Waals surface area (Å²) in [4.78, 5) is 14.1. The van der Waals surface area contributed by atoms with Gasteiger partial charge in [-0.2, -0.15) is 0 Å². The number of carbonyl (C=O) groups is 1. The van der Waals surface area contributed by atoms with E-state index in [1.807, 2.05) is 19.1 Å². The summed E-state index contributed by atoms with van der Waals surface area (Å²) in [5, 5.41) is 10.4. The molecule has 0 saturated carbocycles. The van der Waals surface area contributed by atoms with Crippen molar-refractivity contribution in [3.05, 3.63) is 29.6 Å². The third-order valence-corrected chi connectivity index (χ3v) is 1.46. The average Bonchev–Trinajstić information content (AvgIpc) is 2.12. The Balaban J connectivity index is 2.55. The number of carboxylic acid groups (broad SMARTS) is 1. The second-order valence-electron chi connectivity index (χ2n) is 2.68. The molecule has 0 aliphatic rings. The molecule has 0 aliphatic heterocycles. The molecule has 4 heteroatoms. The van der Waals surface area contributed by atoms with Crippen molar-refractivity contribution in [2.45, 2.75) is 6.92 Å². The molecule has 1 rings (SSSR count). The van der Waals surface area contributed by atoms with Gasteiger partial charge in [-0.1, -0.05) is 5.92 Å². The maximum atomic E-state index is 10.1. The Hall–Kier alpha value is -2.02. The monoisotopic (exact) mass is 190 g/mol. The maximum absolute atomic E-state index is 10.1. The Labute approximate surface area is 82.0 Å². The van der Waals surface area contributed by atoms with Crippen LogP contribution >= 0.6 is 0 Å². The minimum absolute atomic E-state index is 0.116. The zero-order valence-corrected chi connectivity index (χ0v) is 7.74. The summed E-state index contributed by atoms with van der Waals surface area (Å²) in [7, 11) is 0. The van der Waals surface area contributed by atoms with Gasteiger partial charge in [-0.3, -0.25) is 0 Å². The maximum Gasteiger partial charge on any atom is 0.405 e. The summed E-state index contributed by atoms with van der Waals surface area (Å²) in [6.45, 7) is 2.06. The van der Waals surface area contributed by atoms with Gasteiger partial charge in [0.25, 0.3) is 0 Å². The number of rotatable bonds is 1. The third kappa shape index (κ3) is 3.59. The van der Waals surface area contributed by atoms with Gasteiger partial charge >= 0.3 is 6.09 Å². The molecule has 0 saturated heterocycles. The van der Waals surface area contributed by atoms with Gasteiger partial charge in [0.2, 0.25) is 0 Å². The Bertz CT molecular complexity index is 391. The van der Waals surface area contributed by atoms with E-state index in [2.05, 4.69) is 22.1 Å². The summed E-state index contributed by atoms with van der Waals surface area (Å²) in [6, 6.07) is 3.72. The van der Waals surface area contributed by atoms with Crippen LogP contribution in [0.2, 0.25) is 0 Å². The Morgan fingerprint density at radius 3 is 3.14 bits per heavy atom. The van der Waals surface area contributed by atoms with E-state index in [1.54, 1.807) is 6.20 Å². The van der Waals surface area contributed by atoms with Crippen LogP contribution in [0.25, 0.3) is 0 Å². The lowest BCUT2D eigenvalue weighted by molar-refractivity contribution is 0.196. The van der Waals surface area contributed by atoms with E-state index < -0.39 is 6.09 Å². The first-order chi connectivity index (χ1) is 6.68. The van der Waals surface area contributed by atoms with Crippen molar-refractivity contribution in [1.82, 2.24) is 10.3 Å². The fourth-order valence-electron chi connectivity index (χ4n) is 0.859. The lowest BCUT2D eigenvalue weighted by Gasteiger charge is -1.92. The minimum Gasteiger partial charge on any atom is -0.465 e. The molecule has 1 aromatic rings. The van der Waals surface area contributed by atoms with Gasteiger partial charge in [0.1, 0.15) is 5.69 Å². The molecule has 0 bridgehead atoms. The largest absolute Gasteiger partial charge is 0.465 e. The summed E-state index contributed by atoms with van der Waals surface area (Å²) in [5.41, 5.74) is 1.73. The molecule has 14 heavy (non-hydrogen) atoms. The zero-order chi connectivity index (χ0) is 10.4. The van der Waals surface area contributed by atoms with Crippen LogP contribution in [-0.4, -0.2) is 22.7 Å². The number of hydrogen-bond donors (Lipinski definition) is 2. The van der Waals surface area contributed by atoms with Crippen LogP contribution in [0.3, 0.4) is 0 Å². The van der Waals surface area contributed by atoms with Crippen molar-refractivity contribution < 1.29 is 9.90 Å². The molecule has 0 atom stereocenters. The number of pyridine rings is 1. The van der Waals surface area contributed by atoms with E-state index in [0.717, 1.165) is 5.56 Å². The first kappa shape index (κ1) is 10.1. The summed E-state index contributed by atoms with van der Waals surface area (Å²) in [6.07, 6.45) is 0.598. The number of nitrogens with one attached hydrogen (secondary N) is 1. The molecule has 0 aromatic carbocycles. The van der Waals surface area contributed by atoms with Gasteiger partial charge in [0.05, 0.1) is 6.54 Å². The molecule has 1 aromatic heterocycles. The van der Waals surface area contributed by atoms with Crippen LogP contribution in [-0.2, 0) is 0 Å². The molecule has 0 aliphatic carbocycles. The summed E-state index contributed by atoms with van der Waals surface area (Å²) < 4.78 is 0. The second-order valence-corrected chi connectivity index (χ2v) is 2.68. The fourth-order valence-corrected chi connectivity index (χ4v) is 0.859. The van der Waals surface area contributed by atoms with Crippen molar-refractivity contribution in [3.8, 4) is 11.8 Å². The highest BCUT2D eigenvalue weighted by atomic mass is 16.4.